The molecule has 0 radical (unpaired) electrons. The molecule has 1 amide bonds. The van der Waals surface area contributed by atoms with Crippen LogP contribution in [-0.4, -0.2) is 56.6 Å². The highest BCUT2D eigenvalue weighted by atomic mass is 16.5. The standard InChI is InChI=1S/C20H32N2O3/c1-15(2)10-12-21(3)14-20(23)22-11-6-7-18(22)17-9-8-16(24-4)13-19(17)25-5/h8-9,13,15,18H,6-7,10-12,14H2,1-5H3. The zero-order valence-corrected chi connectivity index (χ0v) is 16.2. The first-order chi connectivity index (χ1) is 12.0. The Morgan fingerprint density at radius 3 is 2.72 bits per heavy atom. The van der Waals surface area contributed by atoms with Crippen molar-refractivity contribution >= 4 is 5.91 Å². The molecule has 25 heavy (non-hydrogen) atoms. The van der Waals surface area contributed by atoms with Crippen LogP contribution < -0.4 is 9.47 Å². The second kappa shape index (κ2) is 9.09. The molecule has 1 atom stereocenters. The van der Waals surface area contributed by atoms with Crippen LogP contribution in [0.5, 0.6) is 11.5 Å². The summed E-state index contributed by atoms with van der Waals surface area (Å²) in [6, 6.07) is 5.95. The summed E-state index contributed by atoms with van der Waals surface area (Å²) in [6.07, 6.45) is 3.12. The Morgan fingerprint density at radius 1 is 1.32 bits per heavy atom. The van der Waals surface area contributed by atoms with Crippen LogP contribution in [0.3, 0.4) is 0 Å². The summed E-state index contributed by atoms with van der Waals surface area (Å²) >= 11 is 0. The number of benzene rings is 1. The molecule has 1 unspecified atom stereocenters. The average molecular weight is 348 g/mol. The van der Waals surface area contributed by atoms with Gasteiger partial charge in [-0.25, -0.2) is 0 Å². The van der Waals surface area contributed by atoms with Gasteiger partial charge in [-0.15, -0.1) is 0 Å². The number of carbonyl (C=O) groups excluding carboxylic acids is 1. The molecule has 1 aliphatic heterocycles. The molecule has 0 bridgehead atoms. The summed E-state index contributed by atoms with van der Waals surface area (Å²) in [7, 11) is 5.34. The van der Waals surface area contributed by atoms with Gasteiger partial charge in [-0.05, 0) is 50.9 Å². The van der Waals surface area contributed by atoms with Gasteiger partial charge in [0.2, 0.25) is 5.91 Å². The second-order valence-electron chi connectivity index (χ2n) is 7.27. The van der Waals surface area contributed by atoms with E-state index in [0.717, 1.165) is 49.4 Å². The Bertz CT molecular complexity index is 574. The summed E-state index contributed by atoms with van der Waals surface area (Å²) in [4.78, 5) is 17.0. The first-order valence-corrected chi connectivity index (χ1v) is 9.16. The molecule has 1 aromatic carbocycles. The van der Waals surface area contributed by atoms with Crippen molar-refractivity contribution < 1.29 is 14.3 Å². The number of likely N-dealkylation sites (tertiary alicyclic amines) is 1. The molecule has 0 aromatic heterocycles. The molecule has 1 heterocycles. The van der Waals surface area contributed by atoms with E-state index in [1.807, 2.05) is 30.1 Å². The van der Waals surface area contributed by atoms with Crippen LogP contribution in [-0.2, 0) is 4.79 Å². The Morgan fingerprint density at radius 2 is 2.08 bits per heavy atom. The van der Waals surface area contributed by atoms with Gasteiger partial charge in [-0.3, -0.25) is 9.69 Å². The van der Waals surface area contributed by atoms with Gasteiger partial charge in [-0.1, -0.05) is 13.8 Å². The summed E-state index contributed by atoms with van der Waals surface area (Å²) in [5.41, 5.74) is 1.07. The van der Waals surface area contributed by atoms with Gasteiger partial charge in [0.15, 0.2) is 0 Å². The lowest BCUT2D eigenvalue weighted by Crippen LogP contribution is -2.39. The molecule has 140 valence electrons. The van der Waals surface area contributed by atoms with Crippen molar-refractivity contribution in [2.45, 2.75) is 39.2 Å². The predicted molar refractivity (Wildman–Crippen MR) is 100 cm³/mol. The monoisotopic (exact) mass is 348 g/mol. The van der Waals surface area contributed by atoms with E-state index >= 15 is 0 Å². The molecule has 5 nitrogen and oxygen atoms in total. The number of hydrogen-bond donors (Lipinski definition) is 0. The molecular formula is C20H32N2O3. The largest absolute Gasteiger partial charge is 0.497 e. The van der Waals surface area contributed by atoms with Crippen LogP contribution in [0.4, 0.5) is 0 Å². The van der Waals surface area contributed by atoms with Crippen molar-refractivity contribution in [3.8, 4) is 11.5 Å². The third-order valence-electron chi connectivity index (χ3n) is 4.87. The van der Waals surface area contributed by atoms with Gasteiger partial charge in [0.25, 0.3) is 0 Å². The topological polar surface area (TPSA) is 42.0 Å². The fraction of sp³-hybridized carbons (Fsp3) is 0.650. The number of hydrogen-bond acceptors (Lipinski definition) is 4. The van der Waals surface area contributed by atoms with Gasteiger partial charge in [-0.2, -0.15) is 0 Å². The predicted octanol–water partition coefficient (Wildman–Crippen LogP) is 3.35. The van der Waals surface area contributed by atoms with E-state index in [2.05, 4.69) is 18.7 Å². The SMILES string of the molecule is COc1ccc(C2CCCN2C(=O)CN(C)CCC(C)C)c(OC)c1. The third kappa shape index (κ3) is 5.11. The minimum Gasteiger partial charge on any atom is -0.497 e. The lowest BCUT2D eigenvalue weighted by Gasteiger charge is -2.28. The molecule has 1 fully saturated rings. The highest BCUT2D eigenvalue weighted by Crippen LogP contribution is 2.38. The molecule has 1 saturated heterocycles. The Hall–Kier alpha value is -1.75. The quantitative estimate of drug-likeness (QED) is 0.722. The summed E-state index contributed by atoms with van der Waals surface area (Å²) < 4.78 is 10.8. The first kappa shape index (κ1) is 19.6. The number of likely N-dealkylation sites (N-methyl/N-ethyl adjacent to an activating group) is 1. The third-order valence-corrected chi connectivity index (χ3v) is 4.87. The van der Waals surface area contributed by atoms with Gasteiger partial charge >= 0.3 is 0 Å². The number of nitrogens with zero attached hydrogens (tertiary/aromatic N) is 2. The van der Waals surface area contributed by atoms with Crippen molar-refractivity contribution in [1.29, 1.82) is 0 Å². The van der Waals surface area contributed by atoms with E-state index in [9.17, 15) is 4.79 Å². The van der Waals surface area contributed by atoms with Gasteiger partial charge < -0.3 is 14.4 Å². The van der Waals surface area contributed by atoms with Crippen molar-refractivity contribution in [2.24, 2.45) is 5.92 Å². The van der Waals surface area contributed by atoms with E-state index in [1.54, 1.807) is 14.2 Å². The second-order valence-corrected chi connectivity index (χ2v) is 7.27. The Kier molecular flexibility index (Phi) is 7.12. The lowest BCUT2D eigenvalue weighted by atomic mass is 10.0. The highest BCUT2D eigenvalue weighted by Gasteiger charge is 2.32. The normalized spacial score (nSPS) is 17.4. The van der Waals surface area contributed by atoms with E-state index in [-0.39, 0.29) is 11.9 Å². The molecule has 0 aliphatic carbocycles. The molecule has 0 spiro atoms. The van der Waals surface area contributed by atoms with Crippen LogP contribution in [0.1, 0.15) is 44.7 Å². The van der Waals surface area contributed by atoms with Crippen molar-refractivity contribution in [1.82, 2.24) is 9.80 Å². The smallest absolute Gasteiger partial charge is 0.237 e. The Balaban J connectivity index is 2.08. The number of ether oxygens (including phenoxy) is 2. The molecule has 0 saturated carbocycles. The first-order valence-electron chi connectivity index (χ1n) is 9.16. The molecule has 1 aromatic rings. The van der Waals surface area contributed by atoms with Crippen molar-refractivity contribution in [3.63, 3.8) is 0 Å². The Labute approximate surface area is 151 Å². The number of rotatable bonds is 8. The van der Waals surface area contributed by atoms with Gasteiger partial charge in [0, 0.05) is 18.2 Å². The number of methoxy groups -OCH3 is 2. The van der Waals surface area contributed by atoms with Crippen molar-refractivity contribution in [3.05, 3.63) is 23.8 Å². The number of carbonyl (C=O) groups is 1. The van der Waals surface area contributed by atoms with Crippen LogP contribution in [0.2, 0.25) is 0 Å². The zero-order chi connectivity index (χ0) is 18.4. The summed E-state index contributed by atoms with van der Waals surface area (Å²) in [6.45, 7) is 6.66. The lowest BCUT2D eigenvalue weighted by molar-refractivity contribution is -0.133. The van der Waals surface area contributed by atoms with Gasteiger partial charge in [0.1, 0.15) is 11.5 Å². The maximum Gasteiger partial charge on any atom is 0.237 e. The maximum atomic E-state index is 12.8. The highest BCUT2D eigenvalue weighted by molar-refractivity contribution is 5.79. The molecule has 5 heteroatoms. The van der Waals surface area contributed by atoms with E-state index in [1.165, 1.54) is 0 Å². The van der Waals surface area contributed by atoms with Crippen molar-refractivity contribution in [2.75, 3.05) is 40.9 Å². The minimum atomic E-state index is 0.0897. The molecule has 0 N–H and O–H groups in total. The van der Waals surface area contributed by atoms with E-state index < -0.39 is 0 Å². The van der Waals surface area contributed by atoms with Gasteiger partial charge in [0.05, 0.1) is 26.8 Å². The fourth-order valence-corrected chi connectivity index (χ4v) is 3.36. The molecule has 1 aliphatic rings. The van der Waals surface area contributed by atoms with Crippen LogP contribution in [0, 0.1) is 5.92 Å². The number of amides is 1. The molecular weight excluding hydrogens is 316 g/mol. The van der Waals surface area contributed by atoms with Crippen LogP contribution in [0.25, 0.3) is 0 Å². The summed E-state index contributed by atoms with van der Waals surface area (Å²) in [5, 5.41) is 0. The zero-order valence-electron chi connectivity index (χ0n) is 16.2. The van der Waals surface area contributed by atoms with Crippen LogP contribution in [0.15, 0.2) is 18.2 Å². The fourth-order valence-electron chi connectivity index (χ4n) is 3.36. The van der Waals surface area contributed by atoms with E-state index in [0.29, 0.717) is 12.5 Å². The molecule has 2 rings (SSSR count). The minimum absolute atomic E-state index is 0.0897. The average Bonchev–Trinajstić information content (AvgIpc) is 3.08. The summed E-state index contributed by atoms with van der Waals surface area (Å²) in [5.74, 6) is 2.41. The maximum absolute atomic E-state index is 12.8. The van der Waals surface area contributed by atoms with Crippen LogP contribution >= 0.6 is 0 Å². The van der Waals surface area contributed by atoms with E-state index in [4.69, 9.17) is 9.47 Å².